The summed E-state index contributed by atoms with van der Waals surface area (Å²) in [4.78, 5) is 31.9. The van der Waals surface area contributed by atoms with Gasteiger partial charge in [0.1, 0.15) is 11.4 Å². The van der Waals surface area contributed by atoms with Crippen LogP contribution in [0.4, 0.5) is 0 Å². The molecule has 4 heterocycles. The highest BCUT2D eigenvalue weighted by molar-refractivity contribution is 5.93. The Bertz CT molecular complexity index is 914. The maximum atomic E-state index is 12.6. The van der Waals surface area contributed by atoms with Crippen LogP contribution in [0, 0.1) is 5.92 Å². The lowest BCUT2D eigenvalue weighted by Gasteiger charge is -2.22. The van der Waals surface area contributed by atoms with Crippen LogP contribution in [0.1, 0.15) is 59.8 Å². The fraction of sp³-hybridized carbons (Fsp3) is 0.571. The number of aromatic nitrogens is 2. The lowest BCUT2D eigenvalue weighted by Crippen LogP contribution is -2.39. The molecule has 3 aliphatic rings. The third-order valence-electron chi connectivity index (χ3n) is 6.48. The molecule has 2 aliphatic heterocycles. The van der Waals surface area contributed by atoms with E-state index in [9.17, 15) is 9.59 Å². The monoisotopic (exact) mass is 382 g/mol. The number of carbonyl (C=O) groups is 1. The Morgan fingerprint density at radius 2 is 2.07 bits per heavy atom. The molecule has 148 valence electrons. The van der Waals surface area contributed by atoms with Gasteiger partial charge in [0.15, 0.2) is 0 Å². The van der Waals surface area contributed by atoms with Crippen LogP contribution in [0.15, 0.2) is 34.0 Å². The van der Waals surface area contributed by atoms with Crippen molar-refractivity contribution in [3.8, 4) is 0 Å². The van der Waals surface area contributed by atoms with E-state index in [2.05, 4.69) is 15.2 Å². The molecule has 0 bridgehead atoms. The first kappa shape index (κ1) is 17.7. The van der Waals surface area contributed by atoms with Gasteiger partial charge in [0.05, 0.1) is 12.5 Å². The van der Waals surface area contributed by atoms with Crippen molar-refractivity contribution in [2.24, 2.45) is 5.92 Å². The molecule has 7 heteroatoms. The minimum atomic E-state index is -0.395. The molecule has 28 heavy (non-hydrogen) atoms. The predicted octanol–water partition coefficient (Wildman–Crippen LogP) is 2.13. The van der Waals surface area contributed by atoms with Gasteiger partial charge in [-0.25, -0.2) is 0 Å². The molecule has 0 spiro atoms. The van der Waals surface area contributed by atoms with Crippen molar-refractivity contribution in [1.29, 1.82) is 0 Å². The van der Waals surface area contributed by atoms with E-state index in [1.165, 1.54) is 12.0 Å². The maximum absolute atomic E-state index is 12.6. The van der Waals surface area contributed by atoms with Gasteiger partial charge in [0.25, 0.3) is 11.5 Å². The summed E-state index contributed by atoms with van der Waals surface area (Å²) in [5.41, 5.74) is 0.957. The number of furan rings is 1. The summed E-state index contributed by atoms with van der Waals surface area (Å²) in [6.45, 7) is 3.53. The number of rotatable bonds is 4. The van der Waals surface area contributed by atoms with E-state index in [0.717, 1.165) is 57.7 Å². The van der Waals surface area contributed by atoms with Crippen LogP contribution in [0.25, 0.3) is 0 Å². The molecular formula is C21H26N4O3. The Labute approximate surface area is 163 Å². The van der Waals surface area contributed by atoms with Crippen molar-refractivity contribution >= 4 is 5.91 Å². The Morgan fingerprint density at radius 1 is 1.21 bits per heavy atom. The lowest BCUT2D eigenvalue weighted by molar-refractivity contribution is 0.0925. The second-order valence-corrected chi connectivity index (χ2v) is 8.47. The van der Waals surface area contributed by atoms with Crippen molar-refractivity contribution in [3.05, 3.63) is 52.1 Å². The van der Waals surface area contributed by atoms with E-state index in [-0.39, 0.29) is 23.4 Å². The third-order valence-corrected chi connectivity index (χ3v) is 6.48. The zero-order chi connectivity index (χ0) is 19.1. The summed E-state index contributed by atoms with van der Waals surface area (Å²) in [7, 11) is 0. The van der Waals surface area contributed by atoms with E-state index in [4.69, 9.17) is 4.42 Å². The van der Waals surface area contributed by atoms with Gasteiger partial charge in [-0.2, -0.15) is 4.98 Å². The van der Waals surface area contributed by atoms with E-state index in [0.29, 0.717) is 5.92 Å². The molecule has 2 aromatic heterocycles. The standard InChI is InChI=1S/C21H26N4O3/c26-20(22-16-4-2-1-3-5-16)18-12-25-10-15-9-24(8-14-6-7-28-13-14)11-17(15)19(25)23-21(18)27/h6-7,12-13,15-17H,1-5,8-11H2,(H,22,26)/t15-,17+/m0/s1. The first-order valence-electron chi connectivity index (χ1n) is 10.3. The summed E-state index contributed by atoms with van der Waals surface area (Å²) in [5, 5.41) is 3.04. The van der Waals surface area contributed by atoms with Gasteiger partial charge in [-0.1, -0.05) is 19.3 Å². The summed E-state index contributed by atoms with van der Waals surface area (Å²) < 4.78 is 7.19. The molecule has 0 unspecified atom stereocenters. The molecule has 2 aromatic rings. The van der Waals surface area contributed by atoms with Gasteiger partial charge >= 0.3 is 0 Å². The fourth-order valence-electron chi connectivity index (χ4n) is 5.07. The first-order chi connectivity index (χ1) is 13.7. The molecule has 1 amide bonds. The Hall–Kier alpha value is -2.41. The summed E-state index contributed by atoms with van der Waals surface area (Å²) >= 11 is 0. The van der Waals surface area contributed by atoms with E-state index in [1.54, 1.807) is 18.7 Å². The van der Waals surface area contributed by atoms with Crippen molar-refractivity contribution in [3.63, 3.8) is 0 Å². The van der Waals surface area contributed by atoms with Crippen LogP contribution in [0.5, 0.6) is 0 Å². The number of hydrogen-bond donors (Lipinski definition) is 1. The highest BCUT2D eigenvalue weighted by Gasteiger charge is 2.41. The van der Waals surface area contributed by atoms with Crippen LogP contribution in [-0.4, -0.2) is 39.5 Å². The van der Waals surface area contributed by atoms with Crippen LogP contribution >= 0.6 is 0 Å². The number of carbonyl (C=O) groups excluding carboxylic acids is 1. The average Bonchev–Trinajstić information content (AvgIpc) is 3.39. The van der Waals surface area contributed by atoms with Gasteiger partial charge in [0.2, 0.25) is 0 Å². The van der Waals surface area contributed by atoms with Gasteiger partial charge < -0.3 is 14.3 Å². The molecule has 2 atom stereocenters. The molecular weight excluding hydrogens is 356 g/mol. The highest BCUT2D eigenvalue weighted by Crippen LogP contribution is 2.38. The zero-order valence-corrected chi connectivity index (χ0v) is 16.0. The summed E-state index contributed by atoms with van der Waals surface area (Å²) in [6.07, 6.45) is 10.7. The number of fused-ring (bicyclic) bond motifs is 3. The molecule has 0 aromatic carbocycles. The van der Waals surface area contributed by atoms with Crippen molar-refractivity contribution in [2.45, 2.75) is 57.2 Å². The van der Waals surface area contributed by atoms with Crippen LogP contribution < -0.4 is 10.9 Å². The number of nitrogens with one attached hydrogen (secondary N) is 1. The van der Waals surface area contributed by atoms with Gasteiger partial charge in [-0.15, -0.1) is 0 Å². The molecule has 2 fully saturated rings. The van der Waals surface area contributed by atoms with Crippen molar-refractivity contribution < 1.29 is 9.21 Å². The molecule has 5 rings (SSSR count). The Balaban J connectivity index is 1.30. The summed E-state index contributed by atoms with van der Waals surface area (Å²) in [6, 6.07) is 2.18. The normalized spacial score (nSPS) is 24.9. The molecule has 1 saturated carbocycles. The molecule has 1 saturated heterocycles. The second kappa shape index (κ2) is 7.20. The topological polar surface area (TPSA) is 80.4 Å². The van der Waals surface area contributed by atoms with Crippen LogP contribution in [-0.2, 0) is 13.1 Å². The predicted molar refractivity (Wildman–Crippen MR) is 103 cm³/mol. The largest absolute Gasteiger partial charge is 0.472 e. The smallest absolute Gasteiger partial charge is 0.285 e. The highest BCUT2D eigenvalue weighted by atomic mass is 16.3. The molecule has 7 nitrogen and oxygen atoms in total. The van der Waals surface area contributed by atoms with Crippen molar-refractivity contribution in [2.75, 3.05) is 13.1 Å². The summed E-state index contributed by atoms with van der Waals surface area (Å²) in [5.74, 6) is 1.27. The average molecular weight is 382 g/mol. The van der Waals surface area contributed by atoms with Crippen LogP contribution in [0.3, 0.4) is 0 Å². The lowest BCUT2D eigenvalue weighted by atomic mass is 9.95. The zero-order valence-electron chi connectivity index (χ0n) is 16.0. The Kier molecular flexibility index (Phi) is 4.55. The SMILES string of the molecule is O=C(NC1CCCCC1)c1cn2c(nc1=O)[C@@H]1CN(Cc3ccoc3)C[C@H]1C2. The number of amides is 1. The number of hydrogen-bond acceptors (Lipinski definition) is 5. The molecule has 1 N–H and O–H groups in total. The van der Waals surface area contributed by atoms with Crippen molar-refractivity contribution in [1.82, 2.24) is 19.8 Å². The quantitative estimate of drug-likeness (QED) is 0.876. The van der Waals surface area contributed by atoms with Gasteiger partial charge in [-0.05, 0) is 18.9 Å². The van der Waals surface area contributed by atoms with E-state index >= 15 is 0 Å². The first-order valence-corrected chi connectivity index (χ1v) is 10.3. The maximum Gasteiger partial charge on any atom is 0.285 e. The molecule has 1 aliphatic carbocycles. The Morgan fingerprint density at radius 3 is 2.86 bits per heavy atom. The second-order valence-electron chi connectivity index (χ2n) is 8.47. The fourth-order valence-corrected chi connectivity index (χ4v) is 5.07. The van der Waals surface area contributed by atoms with E-state index < -0.39 is 5.56 Å². The third kappa shape index (κ3) is 3.28. The minimum Gasteiger partial charge on any atom is -0.472 e. The van der Waals surface area contributed by atoms with Gasteiger partial charge in [-0.3, -0.25) is 14.5 Å². The number of nitrogens with zero attached hydrogens (tertiary/aromatic N) is 3. The minimum absolute atomic E-state index is 0.185. The van der Waals surface area contributed by atoms with Crippen LogP contribution in [0.2, 0.25) is 0 Å². The van der Waals surface area contributed by atoms with E-state index in [1.807, 2.05) is 10.6 Å². The molecule has 0 radical (unpaired) electrons. The van der Waals surface area contributed by atoms with Gasteiger partial charge in [0, 0.05) is 55.8 Å². The number of likely N-dealkylation sites (tertiary alicyclic amines) is 1.